The highest BCUT2D eigenvalue weighted by Crippen LogP contribution is 2.18. The van der Waals surface area contributed by atoms with E-state index in [1.54, 1.807) is 19.1 Å². The van der Waals surface area contributed by atoms with Crippen LogP contribution >= 0.6 is 0 Å². The third-order valence-corrected chi connectivity index (χ3v) is 2.71. The van der Waals surface area contributed by atoms with Crippen molar-refractivity contribution in [3.63, 3.8) is 0 Å². The van der Waals surface area contributed by atoms with Crippen LogP contribution in [0.4, 0.5) is 5.69 Å². The largest absolute Gasteiger partial charge is 0.456 e. The molecule has 0 fully saturated rings. The van der Waals surface area contributed by atoms with Gasteiger partial charge in [-0.15, -0.1) is 0 Å². The van der Waals surface area contributed by atoms with Crippen LogP contribution in [0.2, 0.25) is 0 Å². The Bertz CT molecular complexity index is 690. The van der Waals surface area contributed by atoms with Gasteiger partial charge in [-0.25, -0.2) is 0 Å². The predicted octanol–water partition coefficient (Wildman–Crippen LogP) is 2.46. The fourth-order valence-corrected chi connectivity index (χ4v) is 1.76. The summed E-state index contributed by atoms with van der Waals surface area (Å²) in [6, 6.07) is 9.06. The number of benzene rings is 1. The summed E-state index contributed by atoms with van der Waals surface area (Å²) in [6.07, 6.45) is 0. The molecule has 0 saturated heterocycles. The minimum atomic E-state index is -0.292. The van der Waals surface area contributed by atoms with E-state index in [2.05, 4.69) is 17.2 Å². The Morgan fingerprint density at radius 3 is 2.75 bits per heavy atom. The topological polar surface area (TPSA) is 68.3 Å². The lowest BCUT2D eigenvalue weighted by molar-refractivity contribution is 0.0995. The molecule has 1 heterocycles. The van der Waals surface area contributed by atoms with Crippen molar-refractivity contribution in [1.29, 1.82) is 0 Å². The quantitative estimate of drug-likeness (QED) is 0.822. The highest BCUT2D eigenvalue weighted by Gasteiger charge is 2.12. The van der Waals surface area contributed by atoms with Crippen molar-refractivity contribution in [3.8, 4) is 11.8 Å². The van der Waals surface area contributed by atoms with E-state index in [1.165, 1.54) is 0 Å². The molecule has 20 heavy (non-hydrogen) atoms. The number of nitrogens with two attached hydrogens (primary N) is 1. The molecule has 0 spiro atoms. The average Bonchev–Trinajstić information content (AvgIpc) is 2.85. The number of amides is 1. The van der Waals surface area contributed by atoms with Crippen LogP contribution in [-0.2, 0) is 0 Å². The lowest BCUT2D eigenvalue weighted by Crippen LogP contribution is -2.12. The molecule has 0 aliphatic rings. The molecular formula is C16H16N2O2. The molecule has 0 bridgehead atoms. The zero-order chi connectivity index (χ0) is 14.5. The van der Waals surface area contributed by atoms with Gasteiger partial charge in [0.2, 0.25) is 0 Å². The Kier molecular flexibility index (Phi) is 4.24. The molecule has 1 amide bonds. The van der Waals surface area contributed by atoms with E-state index >= 15 is 0 Å². The molecule has 1 aromatic carbocycles. The van der Waals surface area contributed by atoms with Crippen LogP contribution < -0.4 is 11.1 Å². The summed E-state index contributed by atoms with van der Waals surface area (Å²) in [6.45, 7) is 4.02. The molecule has 4 nitrogen and oxygen atoms in total. The fraction of sp³-hybridized carbons (Fsp3) is 0.188. The minimum absolute atomic E-state index is 0.276. The third kappa shape index (κ3) is 3.28. The fourth-order valence-electron chi connectivity index (χ4n) is 1.76. The molecule has 0 radical (unpaired) electrons. The smallest absolute Gasteiger partial charge is 0.291 e. The van der Waals surface area contributed by atoms with Gasteiger partial charge < -0.3 is 15.5 Å². The molecule has 102 valence electrons. The average molecular weight is 268 g/mol. The zero-order valence-electron chi connectivity index (χ0n) is 11.5. The first-order chi connectivity index (χ1) is 9.60. The molecular weight excluding hydrogens is 252 g/mol. The lowest BCUT2D eigenvalue weighted by atomic mass is 10.1. The van der Waals surface area contributed by atoms with E-state index in [-0.39, 0.29) is 18.2 Å². The molecule has 0 atom stereocenters. The van der Waals surface area contributed by atoms with E-state index in [1.807, 2.05) is 25.1 Å². The number of anilines is 1. The van der Waals surface area contributed by atoms with Crippen LogP contribution in [0.1, 0.15) is 27.4 Å². The molecule has 0 aliphatic heterocycles. The summed E-state index contributed by atoms with van der Waals surface area (Å²) < 4.78 is 5.30. The monoisotopic (exact) mass is 268 g/mol. The van der Waals surface area contributed by atoms with Crippen molar-refractivity contribution >= 4 is 11.6 Å². The first-order valence-corrected chi connectivity index (χ1v) is 6.27. The van der Waals surface area contributed by atoms with Crippen molar-refractivity contribution < 1.29 is 9.21 Å². The van der Waals surface area contributed by atoms with Crippen LogP contribution in [0.5, 0.6) is 0 Å². The SMILES string of the molecule is Cc1ccc(C#CCN)c(NC(=O)c2ccc(C)o2)c1. The summed E-state index contributed by atoms with van der Waals surface area (Å²) in [5.41, 5.74) is 7.80. The number of furan rings is 1. The molecule has 3 N–H and O–H groups in total. The van der Waals surface area contributed by atoms with Gasteiger partial charge in [-0.2, -0.15) is 0 Å². The summed E-state index contributed by atoms with van der Waals surface area (Å²) in [4.78, 5) is 12.1. The van der Waals surface area contributed by atoms with Crippen LogP contribution in [0, 0.1) is 25.7 Å². The van der Waals surface area contributed by atoms with Crippen molar-refractivity contribution in [2.24, 2.45) is 5.73 Å². The van der Waals surface area contributed by atoms with Crippen LogP contribution in [-0.4, -0.2) is 12.5 Å². The molecule has 0 unspecified atom stereocenters. The van der Waals surface area contributed by atoms with E-state index < -0.39 is 0 Å². The van der Waals surface area contributed by atoms with Gasteiger partial charge >= 0.3 is 0 Å². The third-order valence-electron chi connectivity index (χ3n) is 2.71. The first-order valence-electron chi connectivity index (χ1n) is 6.27. The number of rotatable bonds is 2. The maximum atomic E-state index is 12.1. The van der Waals surface area contributed by atoms with Crippen LogP contribution in [0.25, 0.3) is 0 Å². The van der Waals surface area contributed by atoms with Gasteiger partial charge in [0.05, 0.1) is 12.2 Å². The van der Waals surface area contributed by atoms with E-state index in [0.717, 1.165) is 11.1 Å². The van der Waals surface area contributed by atoms with Gasteiger partial charge in [-0.1, -0.05) is 17.9 Å². The molecule has 1 aromatic heterocycles. The molecule has 2 aromatic rings. The van der Waals surface area contributed by atoms with Gasteiger partial charge in [0.1, 0.15) is 5.76 Å². The molecule has 0 saturated carbocycles. The summed E-state index contributed by atoms with van der Waals surface area (Å²) in [7, 11) is 0. The van der Waals surface area contributed by atoms with Crippen molar-refractivity contribution in [1.82, 2.24) is 0 Å². The number of aryl methyl sites for hydroxylation is 2. The Hall–Kier alpha value is -2.51. The highest BCUT2D eigenvalue weighted by molar-refractivity contribution is 6.03. The van der Waals surface area contributed by atoms with Gasteiger partial charge in [-0.05, 0) is 43.7 Å². The Morgan fingerprint density at radius 2 is 2.10 bits per heavy atom. The minimum Gasteiger partial charge on any atom is -0.456 e. The lowest BCUT2D eigenvalue weighted by Gasteiger charge is -2.07. The maximum absolute atomic E-state index is 12.1. The Morgan fingerprint density at radius 1 is 1.30 bits per heavy atom. The normalized spacial score (nSPS) is 9.75. The zero-order valence-corrected chi connectivity index (χ0v) is 11.5. The summed E-state index contributed by atoms with van der Waals surface area (Å²) in [5, 5.41) is 2.81. The number of hydrogen-bond donors (Lipinski definition) is 2. The first kappa shape index (κ1) is 13.9. The van der Waals surface area contributed by atoms with Crippen molar-refractivity contribution in [2.45, 2.75) is 13.8 Å². The van der Waals surface area contributed by atoms with Crippen molar-refractivity contribution in [3.05, 3.63) is 53.0 Å². The van der Waals surface area contributed by atoms with Crippen LogP contribution in [0.3, 0.4) is 0 Å². The molecule has 2 rings (SSSR count). The second-order valence-electron chi connectivity index (χ2n) is 4.42. The van der Waals surface area contributed by atoms with Gasteiger partial charge in [0, 0.05) is 5.56 Å². The molecule has 0 aliphatic carbocycles. The maximum Gasteiger partial charge on any atom is 0.291 e. The van der Waals surface area contributed by atoms with E-state index in [9.17, 15) is 4.79 Å². The van der Waals surface area contributed by atoms with Crippen molar-refractivity contribution in [2.75, 3.05) is 11.9 Å². The number of nitrogens with one attached hydrogen (secondary N) is 1. The summed E-state index contributed by atoms with van der Waals surface area (Å²) in [5.74, 6) is 6.41. The summed E-state index contributed by atoms with van der Waals surface area (Å²) >= 11 is 0. The van der Waals surface area contributed by atoms with Gasteiger partial charge in [0.15, 0.2) is 5.76 Å². The number of carbonyl (C=O) groups excluding carboxylic acids is 1. The number of hydrogen-bond acceptors (Lipinski definition) is 3. The van der Waals surface area contributed by atoms with Crippen LogP contribution in [0.15, 0.2) is 34.7 Å². The second kappa shape index (κ2) is 6.09. The Labute approximate surface area is 118 Å². The predicted molar refractivity (Wildman–Crippen MR) is 78.5 cm³/mol. The Balaban J connectivity index is 2.28. The standard InChI is InChI=1S/C16H16N2O2/c1-11-5-7-13(4-3-9-17)14(10-11)18-16(19)15-8-6-12(2)20-15/h5-8,10H,9,17H2,1-2H3,(H,18,19). The van der Waals surface area contributed by atoms with E-state index in [0.29, 0.717) is 11.4 Å². The number of carbonyl (C=O) groups is 1. The highest BCUT2D eigenvalue weighted by atomic mass is 16.3. The van der Waals surface area contributed by atoms with E-state index in [4.69, 9.17) is 10.2 Å². The van der Waals surface area contributed by atoms with Gasteiger partial charge in [-0.3, -0.25) is 4.79 Å². The van der Waals surface area contributed by atoms with Gasteiger partial charge in [0.25, 0.3) is 5.91 Å². The molecule has 4 heteroatoms. The second-order valence-corrected chi connectivity index (χ2v) is 4.42.